The molecule has 4 aromatic heterocycles. The van der Waals surface area contributed by atoms with Gasteiger partial charge in [0, 0.05) is 11.5 Å². The van der Waals surface area contributed by atoms with Crippen LogP contribution >= 0.6 is 34.4 Å². The van der Waals surface area contributed by atoms with Gasteiger partial charge in [0.1, 0.15) is 4.83 Å². The highest BCUT2D eigenvalue weighted by Crippen LogP contribution is 2.31. The molecule has 1 fully saturated rings. The van der Waals surface area contributed by atoms with Crippen LogP contribution in [0.2, 0.25) is 0 Å². The summed E-state index contributed by atoms with van der Waals surface area (Å²) in [5.41, 5.74) is 1.13. The minimum atomic E-state index is 0.0222. The quantitative estimate of drug-likeness (QED) is 0.278. The van der Waals surface area contributed by atoms with Crippen molar-refractivity contribution in [3.05, 3.63) is 44.2 Å². The van der Waals surface area contributed by atoms with Crippen LogP contribution in [-0.2, 0) is 23.5 Å². The Labute approximate surface area is 191 Å². The van der Waals surface area contributed by atoms with E-state index in [1.165, 1.54) is 11.8 Å². The van der Waals surface area contributed by atoms with Gasteiger partial charge in [0.2, 0.25) is 11.7 Å². The molecule has 0 aromatic carbocycles. The maximum atomic E-state index is 13.5. The van der Waals surface area contributed by atoms with Crippen molar-refractivity contribution < 1.29 is 9.26 Å². The van der Waals surface area contributed by atoms with Crippen LogP contribution in [0.15, 0.2) is 32.0 Å². The van der Waals surface area contributed by atoms with Crippen LogP contribution in [0.3, 0.4) is 0 Å². The standard InChI is InChI=1S/C21H22N4O3S3/c1-3-14-12(2)31-19-17(14)20(26)25(10-13-6-4-8-27-13)21(23-19)30-11-16-22-18(24-28-16)15-7-5-9-29-15/h5,7,9,13H,3-4,6,8,10-11H2,1-2H3. The number of thioether (sulfide) groups is 1. The smallest absolute Gasteiger partial charge is 0.263 e. The maximum absolute atomic E-state index is 13.5. The van der Waals surface area contributed by atoms with E-state index in [0.717, 1.165) is 51.4 Å². The van der Waals surface area contributed by atoms with Crippen LogP contribution in [0.25, 0.3) is 20.9 Å². The number of thiophene rings is 2. The number of hydrogen-bond donors (Lipinski definition) is 0. The summed E-state index contributed by atoms with van der Waals surface area (Å²) in [6.07, 6.45) is 2.87. The molecule has 1 aliphatic rings. The first-order valence-corrected chi connectivity index (χ1v) is 13.0. The Morgan fingerprint density at radius 2 is 2.26 bits per heavy atom. The van der Waals surface area contributed by atoms with Gasteiger partial charge in [-0.05, 0) is 43.2 Å². The largest absolute Gasteiger partial charge is 0.376 e. The third kappa shape index (κ3) is 4.09. The monoisotopic (exact) mass is 474 g/mol. The zero-order valence-electron chi connectivity index (χ0n) is 17.3. The molecule has 31 heavy (non-hydrogen) atoms. The van der Waals surface area contributed by atoms with Crippen molar-refractivity contribution in [2.45, 2.75) is 56.7 Å². The first kappa shape index (κ1) is 20.9. The molecule has 10 heteroatoms. The fraction of sp³-hybridized carbons (Fsp3) is 0.429. The van der Waals surface area contributed by atoms with Crippen LogP contribution in [0.1, 0.15) is 36.1 Å². The van der Waals surface area contributed by atoms with E-state index < -0.39 is 0 Å². The van der Waals surface area contributed by atoms with Gasteiger partial charge in [-0.2, -0.15) is 4.98 Å². The van der Waals surface area contributed by atoms with Gasteiger partial charge in [0.05, 0.1) is 28.7 Å². The summed E-state index contributed by atoms with van der Waals surface area (Å²) in [4.78, 5) is 25.8. The highest BCUT2D eigenvalue weighted by Gasteiger charge is 2.23. The van der Waals surface area contributed by atoms with E-state index in [4.69, 9.17) is 14.2 Å². The summed E-state index contributed by atoms with van der Waals surface area (Å²) >= 11 is 4.62. The van der Waals surface area contributed by atoms with Gasteiger partial charge in [-0.3, -0.25) is 9.36 Å². The van der Waals surface area contributed by atoms with E-state index >= 15 is 0 Å². The third-order valence-electron chi connectivity index (χ3n) is 5.38. The molecule has 5 rings (SSSR count). The van der Waals surface area contributed by atoms with E-state index in [0.29, 0.717) is 29.2 Å². The number of fused-ring (bicyclic) bond motifs is 1. The topological polar surface area (TPSA) is 83.0 Å². The lowest BCUT2D eigenvalue weighted by molar-refractivity contribution is 0.0937. The second-order valence-electron chi connectivity index (χ2n) is 7.39. The minimum Gasteiger partial charge on any atom is -0.376 e. The zero-order chi connectivity index (χ0) is 21.4. The number of aryl methyl sites for hydroxylation is 2. The van der Waals surface area contributed by atoms with Crippen molar-refractivity contribution in [3.8, 4) is 10.7 Å². The molecule has 0 aliphatic carbocycles. The minimum absolute atomic E-state index is 0.0222. The molecule has 4 aromatic rings. The SMILES string of the molecule is CCc1c(C)sc2nc(SCc3nc(-c4cccs4)no3)n(CC3CCCO3)c(=O)c12. The fourth-order valence-corrected chi connectivity index (χ4v) is 6.52. The molecule has 0 amide bonds. The van der Waals surface area contributed by atoms with Crippen molar-refractivity contribution in [1.82, 2.24) is 19.7 Å². The van der Waals surface area contributed by atoms with Gasteiger partial charge in [-0.1, -0.05) is 29.9 Å². The number of rotatable bonds is 7. The first-order chi connectivity index (χ1) is 15.1. The van der Waals surface area contributed by atoms with Gasteiger partial charge in [-0.15, -0.1) is 22.7 Å². The molecule has 0 radical (unpaired) electrons. The lowest BCUT2D eigenvalue weighted by Crippen LogP contribution is -2.29. The predicted molar refractivity (Wildman–Crippen MR) is 124 cm³/mol. The lowest BCUT2D eigenvalue weighted by atomic mass is 10.1. The Morgan fingerprint density at radius 1 is 1.35 bits per heavy atom. The van der Waals surface area contributed by atoms with Crippen LogP contribution in [-0.4, -0.2) is 32.4 Å². The fourth-order valence-electron chi connectivity index (χ4n) is 3.87. The number of aromatic nitrogens is 4. The Bertz CT molecular complexity index is 1250. The number of ether oxygens (including phenoxy) is 1. The molecule has 0 saturated carbocycles. The summed E-state index contributed by atoms with van der Waals surface area (Å²) < 4.78 is 13.0. The molecule has 1 saturated heterocycles. The van der Waals surface area contributed by atoms with Crippen molar-refractivity contribution >= 4 is 44.7 Å². The van der Waals surface area contributed by atoms with E-state index in [9.17, 15) is 4.79 Å². The van der Waals surface area contributed by atoms with Crippen LogP contribution in [0.4, 0.5) is 0 Å². The number of nitrogens with zero attached hydrogens (tertiary/aromatic N) is 4. The highest BCUT2D eigenvalue weighted by atomic mass is 32.2. The molecule has 1 unspecified atom stereocenters. The Hall–Kier alpha value is -2.01. The van der Waals surface area contributed by atoms with Crippen molar-refractivity contribution in [1.29, 1.82) is 0 Å². The Kier molecular flexibility index (Phi) is 5.96. The molecule has 1 atom stereocenters. The predicted octanol–water partition coefficient (Wildman–Crippen LogP) is 4.91. The van der Waals surface area contributed by atoms with Crippen molar-refractivity contribution in [2.75, 3.05) is 6.61 Å². The average Bonchev–Trinajstić information content (AvgIpc) is 3.55. The molecule has 162 valence electrons. The molecular formula is C21H22N4O3S3. The molecule has 5 heterocycles. The van der Waals surface area contributed by atoms with E-state index in [1.54, 1.807) is 27.2 Å². The Morgan fingerprint density at radius 3 is 3.00 bits per heavy atom. The second-order valence-corrected chi connectivity index (χ2v) is 10.5. The lowest BCUT2D eigenvalue weighted by Gasteiger charge is -2.15. The summed E-state index contributed by atoms with van der Waals surface area (Å²) in [5, 5.41) is 7.49. The zero-order valence-corrected chi connectivity index (χ0v) is 19.7. The molecule has 7 nitrogen and oxygen atoms in total. The summed E-state index contributed by atoms with van der Waals surface area (Å²) in [6.45, 7) is 5.42. The van der Waals surface area contributed by atoms with Crippen LogP contribution < -0.4 is 5.56 Å². The van der Waals surface area contributed by atoms with Gasteiger partial charge >= 0.3 is 0 Å². The van der Waals surface area contributed by atoms with Gasteiger partial charge in [0.25, 0.3) is 5.56 Å². The van der Waals surface area contributed by atoms with E-state index in [-0.39, 0.29) is 11.7 Å². The summed E-state index contributed by atoms with van der Waals surface area (Å²) in [5.74, 6) is 1.56. The van der Waals surface area contributed by atoms with Gasteiger partial charge < -0.3 is 9.26 Å². The molecule has 0 bridgehead atoms. The maximum Gasteiger partial charge on any atom is 0.263 e. The second kappa shape index (κ2) is 8.85. The van der Waals surface area contributed by atoms with Crippen LogP contribution in [0, 0.1) is 6.92 Å². The van der Waals surface area contributed by atoms with Gasteiger partial charge in [0.15, 0.2) is 5.16 Å². The average molecular weight is 475 g/mol. The van der Waals surface area contributed by atoms with Gasteiger partial charge in [-0.25, -0.2) is 4.98 Å². The molecular weight excluding hydrogens is 452 g/mol. The van der Waals surface area contributed by atoms with Crippen LogP contribution in [0.5, 0.6) is 0 Å². The Balaban J connectivity index is 1.48. The normalized spacial score (nSPS) is 16.5. The summed E-state index contributed by atoms with van der Waals surface area (Å²) in [6, 6.07) is 3.92. The number of hydrogen-bond acceptors (Lipinski definition) is 9. The third-order valence-corrected chi connectivity index (χ3v) is 8.24. The van der Waals surface area contributed by atoms with Crippen molar-refractivity contribution in [3.63, 3.8) is 0 Å². The van der Waals surface area contributed by atoms with E-state index in [2.05, 4.69) is 24.0 Å². The molecule has 0 spiro atoms. The molecule has 1 aliphatic heterocycles. The van der Waals surface area contributed by atoms with E-state index in [1.807, 2.05) is 17.5 Å². The first-order valence-electron chi connectivity index (χ1n) is 10.3. The highest BCUT2D eigenvalue weighted by molar-refractivity contribution is 7.98. The molecule has 0 N–H and O–H groups in total. The van der Waals surface area contributed by atoms with Crippen molar-refractivity contribution in [2.24, 2.45) is 0 Å². The summed E-state index contributed by atoms with van der Waals surface area (Å²) in [7, 11) is 0.